The first kappa shape index (κ1) is 19.3. The summed E-state index contributed by atoms with van der Waals surface area (Å²) in [4.78, 5) is 30.9. The van der Waals surface area contributed by atoms with E-state index in [4.69, 9.17) is 10.7 Å². The van der Waals surface area contributed by atoms with Crippen LogP contribution in [0.3, 0.4) is 0 Å². The Labute approximate surface area is 174 Å². The van der Waals surface area contributed by atoms with Gasteiger partial charge in [-0.15, -0.1) is 11.3 Å². The maximum Gasteiger partial charge on any atom is 0.253 e. The Balaban J connectivity index is 1.57. The van der Waals surface area contributed by atoms with Gasteiger partial charge in [0, 0.05) is 35.0 Å². The van der Waals surface area contributed by atoms with Gasteiger partial charge in [0.25, 0.3) is 5.91 Å². The number of carbonyl (C=O) groups is 2. The highest BCUT2D eigenvalue weighted by molar-refractivity contribution is 7.09. The third-order valence-corrected chi connectivity index (χ3v) is 6.53. The van der Waals surface area contributed by atoms with Crippen LogP contribution in [0.25, 0.3) is 0 Å². The topological polar surface area (TPSA) is 76.3 Å². The summed E-state index contributed by atoms with van der Waals surface area (Å²) in [6, 6.07) is 17.0. The van der Waals surface area contributed by atoms with Crippen LogP contribution in [0.15, 0.2) is 60.0 Å². The molecule has 2 amide bonds. The second-order valence-corrected chi connectivity index (χ2v) is 8.50. The molecule has 1 aromatic heterocycles. The second-order valence-electron chi connectivity index (χ2n) is 7.43. The molecule has 0 saturated carbocycles. The lowest BCUT2D eigenvalue weighted by Crippen LogP contribution is -2.46. The lowest BCUT2D eigenvalue weighted by atomic mass is 9.70. The molecule has 3 aromatic rings. The Morgan fingerprint density at radius 1 is 1.00 bits per heavy atom. The molecule has 148 valence electrons. The van der Waals surface area contributed by atoms with E-state index < -0.39 is 5.91 Å². The van der Waals surface area contributed by atoms with Gasteiger partial charge in [0.15, 0.2) is 0 Å². The van der Waals surface area contributed by atoms with Crippen molar-refractivity contribution in [2.75, 3.05) is 13.1 Å². The standard InChI is InChI=1S/C23H23N3O2S/c1-16-25-20(15-29-16)23(19-5-3-2-4-6-19)11-13-26(14-12-23)22(28)18-9-7-17(8-10-18)21(24)27/h2-10,15H,11-14H2,1H3,(H2,24,27). The minimum Gasteiger partial charge on any atom is -0.366 e. The van der Waals surface area contributed by atoms with Crippen molar-refractivity contribution in [3.8, 4) is 0 Å². The summed E-state index contributed by atoms with van der Waals surface area (Å²) in [5.74, 6) is -0.509. The van der Waals surface area contributed by atoms with E-state index in [1.54, 1.807) is 35.6 Å². The number of aryl methyl sites for hydroxylation is 1. The van der Waals surface area contributed by atoms with Crippen molar-refractivity contribution in [1.29, 1.82) is 0 Å². The smallest absolute Gasteiger partial charge is 0.253 e. The molecule has 0 spiro atoms. The zero-order valence-corrected chi connectivity index (χ0v) is 17.1. The number of hydrogen-bond donors (Lipinski definition) is 1. The molecule has 1 aliphatic heterocycles. The molecule has 0 radical (unpaired) electrons. The normalized spacial score (nSPS) is 15.8. The van der Waals surface area contributed by atoms with Crippen molar-refractivity contribution in [2.24, 2.45) is 5.73 Å². The average molecular weight is 406 g/mol. The molecule has 6 heteroatoms. The summed E-state index contributed by atoms with van der Waals surface area (Å²) in [6.07, 6.45) is 1.65. The molecule has 2 N–H and O–H groups in total. The lowest BCUT2D eigenvalue weighted by Gasteiger charge is -2.41. The van der Waals surface area contributed by atoms with Gasteiger partial charge in [-0.25, -0.2) is 4.98 Å². The van der Waals surface area contributed by atoms with Crippen LogP contribution < -0.4 is 5.73 Å². The van der Waals surface area contributed by atoms with Crippen LogP contribution in [0, 0.1) is 6.92 Å². The zero-order chi connectivity index (χ0) is 20.4. The van der Waals surface area contributed by atoms with Crippen LogP contribution in [0.1, 0.15) is 49.8 Å². The first-order valence-corrected chi connectivity index (χ1v) is 10.5. The van der Waals surface area contributed by atoms with Gasteiger partial charge < -0.3 is 10.6 Å². The summed E-state index contributed by atoms with van der Waals surface area (Å²) in [7, 11) is 0. The second kappa shape index (κ2) is 7.79. The monoisotopic (exact) mass is 405 g/mol. The number of primary amides is 1. The van der Waals surface area contributed by atoms with Crippen LogP contribution in [0.5, 0.6) is 0 Å². The van der Waals surface area contributed by atoms with Crippen molar-refractivity contribution in [1.82, 2.24) is 9.88 Å². The number of aromatic nitrogens is 1. The third-order valence-electron chi connectivity index (χ3n) is 5.76. The van der Waals surface area contributed by atoms with E-state index in [0.29, 0.717) is 24.2 Å². The van der Waals surface area contributed by atoms with E-state index in [2.05, 4.69) is 29.6 Å². The molecule has 29 heavy (non-hydrogen) atoms. The highest BCUT2D eigenvalue weighted by Crippen LogP contribution is 2.42. The van der Waals surface area contributed by atoms with E-state index >= 15 is 0 Å². The molecule has 0 atom stereocenters. The van der Waals surface area contributed by atoms with Crippen LogP contribution in [0.2, 0.25) is 0 Å². The van der Waals surface area contributed by atoms with Crippen LogP contribution in [-0.4, -0.2) is 34.8 Å². The van der Waals surface area contributed by atoms with Crippen molar-refractivity contribution in [3.63, 3.8) is 0 Å². The number of nitrogens with zero attached hydrogens (tertiary/aromatic N) is 2. The van der Waals surface area contributed by atoms with Gasteiger partial charge in [0.1, 0.15) is 0 Å². The molecule has 5 nitrogen and oxygen atoms in total. The Bertz CT molecular complexity index is 1020. The van der Waals surface area contributed by atoms with Gasteiger partial charge in [0.05, 0.1) is 10.7 Å². The number of piperidine rings is 1. The van der Waals surface area contributed by atoms with E-state index in [-0.39, 0.29) is 11.3 Å². The Hall–Kier alpha value is -2.99. The van der Waals surface area contributed by atoms with Gasteiger partial charge in [-0.2, -0.15) is 0 Å². The number of carbonyl (C=O) groups excluding carboxylic acids is 2. The quantitative estimate of drug-likeness (QED) is 0.718. The molecule has 2 heterocycles. The first-order chi connectivity index (χ1) is 14.0. The number of benzene rings is 2. The first-order valence-electron chi connectivity index (χ1n) is 9.67. The molecule has 2 aromatic carbocycles. The number of amides is 2. The minimum absolute atomic E-state index is 0.0165. The van der Waals surface area contributed by atoms with Gasteiger partial charge in [-0.3, -0.25) is 9.59 Å². The summed E-state index contributed by atoms with van der Waals surface area (Å²) in [5.41, 5.74) is 8.45. The Morgan fingerprint density at radius 2 is 1.62 bits per heavy atom. The van der Waals surface area contributed by atoms with Gasteiger partial charge in [0.2, 0.25) is 5.91 Å². The van der Waals surface area contributed by atoms with Crippen LogP contribution in [0.4, 0.5) is 0 Å². The van der Waals surface area contributed by atoms with Crippen LogP contribution in [-0.2, 0) is 5.41 Å². The molecular weight excluding hydrogens is 382 g/mol. The van der Waals surface area contributed by atoms with Crippen molar-refractivity contribution in [3.05, 3.63) is 87.4 Å². The largest absolute Gasteiger partial charge is 0.366 e. The van der Waals surface area contributed by atoms with Crippen molar-refractivity contribution < 1.29 is 9.59 Å². The number of likely N-dealkylation sites (tertiary alicyclic amines) is 1. The average Bonchev–Trinajstić information content (AvgIpc) is 3.21. The summed E-state index contributed by atoms with van der Waals surface area (Å²) < 4.78 is 0. The number of nitrogens with two attached hydrogens (primary N) is 1. The minimum atomic E-state index is -0.492. The predicted molar refractivity (Wildman–Crippen MR) is 114 cm³/mol. The fourth-order valence-corrected chi connectivity index (χ4v) is 4.80. The zero-order valence-electron chi connectivity index (χ0n) is 16.3. The fraction of sp³-hybridized carbons (Fsp3) is 0.261. The van der Waals surface area contributed by atoms with E-state index in [1.165, 1.54) is 5.56 Å². The fourth-order valence-electron chi connectivity index (χ4n) is 4.08. The van der Waals surface area contributed by atoms with Gasteiger partial charge in [-0.05, 0) is 49.6 Å². The predicted octanol–water partition coefficient (Wildman–Crippen LogP) is 3.77. The lowest BCUT2D eigenvalue weighted by molar-refractivity contribution is 0.0683. The molecule has 1 saturated heterocycles. The molecule has 0 unspecified atom stereocenters. The van der Waals surface area contributed by atoms with Crippen LogP contribution >= 0.6 is 11.3 Å². The van der Waals surface area contributed by atoms with Crippen molar-refractivity contribution in [2.45, 2.75) is 25.2 Å². The summed E-state index contributed by atoms with van der Waals surface area (Å²) in [5, 5.41) is 3.21. The Morgan fingerprint density at radius 3 is 2.17 bits per heavy atom. The summed E-state index contributed by atoms with van der Waals surface area (Å²) >= 11 is 1.67. The van der Waals surface area contributed by atoms with E-state index in [0.717, 1.165) is 23.5 Å². The highest BCUT2D eigenvalue weighted by Gasteiger charge is 2.40. The molecule has 1 fully saturated rings. The number of thiazole rings is 1. The van der Waals surface area contributed by atoms with Crippen molar-refractivity contribution >= 4 is 23.2 Å². The summed E-state index contributed by atoms with van der Waals surface area (Å²) in [6.45, 7) is 3.34. The van der Waals surface area contributed by atoms with Gasteiger partial charge >= 0.3 is 0 Å². The third kappa shape index (κ3) is 3.68. The highest BCUT2D eigenvalue weighted by atomic mass is 32.1. The van der Waals surface area contributed by atoms with E-state index in [1.807, 2.05) is 17.9 Å². The Kier molecular flexibility index (Phi) is 5.20. The molecule has 1 aliphatic rings. The van der Waals surface area contributed by atoms with Gasteiger partial charge in [-0.1, -0.05) is 30.3 Å². The SMILES string of the molecule is Cc1nc(C2(c3ccccc3)CCN(C(=O)c3ccc(C(N)=O)cc3)CC2)cs1. The molecular formula is C23H23N3O2S. The molecule has 0 aliphatic carbocycles. The molecule has 0 bridgehead atoms. The molecule has 4 rings (SSSR count). The van der Waals surface area contributed by atoms with E-state index in [9.17, 15) is 9.59 Å². The maximum atomic E-state index is 13.0. The number of rotatable bonds is 4. The number of hydrogen-bond acceptors (Lipinski definition) is 4. The maximum absolute atomic E-state index is 13.0.